The van der Waals surface area contributed by atoms with E-state index in [2.05, 4.69) is 72.6 Å². The number of hydrogen-bond acceptors (Lipinski definition) is 3. The molecular weight excluding hydrogens is 427 g/mol. The number of hydrogen-bond donors (Lipinski definition) is 2. The first kappa shape index (κ1) is 21.5. The zero-order valence-electron chi connectivity index (χ0n) is 15.7. The van der Waals surface area contributed by atoms with Crippen molar-refractivity contribution in [3.8, 4) is 0 Å². The predicted molar refractivity (Wildman–Crippen MR) is 114 cm³/mol. The van der Waals surface area contributed by atoms with Crippen molar-refractivity contribution in [1.29, 1.82) is 0 Å². The SMILES string of the molecule is CN=C(NCCc1ccc(C)cc1)NCc1ncc(C(C)(C)C)o1.I. The summed E-state index contributed by atoms with van der Waals surface area (Å²) < 4.78 is 5.77. The first-order chi connectivity index (χ1) is 11.4. The Balaban J connectivity index is 0.00000312. The minimum absolute atomic E-state index is 0. The molecule has 1 heterocycles. The predicted octanol–water partition coefficient (Wildman–Crippen LogP) is 3.81. The molecule has 1 aromatic heterocycles. The van der Waals surface area contributed by atoms with Crippen LogP contribution in [0.2, 0.25) is 0 Å². The van der Waals surface area contributed by atoms with E-state index in [1.807, 2.05) is 0 Å². The number of aromatic nitrogens is 1. The summed E-state index contributed by atoms with van der Waals surface area (Å²) in [5.74, 6) is 2.31. The maximum absolute atomic E-state index is 5.77. The molecule has 6 heteroatoms. The first-order valence-electron chi connectivity index (χ1n) is 8.34. The van der Waals surface area contributed by atoms with Crippen molar-refractivity contribution < 1.29 is 4.42 Å². The number of aryl methyl sites for hydroxylation is 1. The van der Waals surface area contributed by atoms with Crippen molar-refractivity contribution in [2.45, 2.75) is 46.1 Å². The second-order valence-corrected chi connectivity index (χ2v) is 6.96. The van der Waals surface area contributed by atoms with Gasteiger partial charge in [0, 0.05) is 19.0 Å². The molecular formula is C19H29IN4O. The number of aliphatic imine (C=N–C) groups is 1. The fraction of sp³-hybridized carbons (Fsp3) is 0.474. The third-order valence-electron chi connectivity index (χ3n) is 3.75. The fourth-order valence-corrected chi connectivity index (χ4v) is 2.20. The average molecular weight is 456 g/mol. The number of nitrogens with one attached hydrogen (secondary N) is 2. The molecule has 2 aromatic rings. The van der Waals surface area contributed by atoms with Crippen LogP contribution in [0.3, 0.4) is 0 Å². The van der Waals surface area contributed by atoms with Gasteiger partial charge in [0.15, 0.2) is 5.96 Å². The molecule has 138 valence electrons. The molecule has 0 fully saturated rings. The molecule has 0 aliphatic carbocycles. The van der Waals surface area contributed by atoms with Crippen LogP contribution in [0.4, 0.5) is 0 Å². The van der Waals surface area contributed by atoms with Crippen molar-refractivity contribution in [2.75, 3.05) is 13.6 Å². The second kappa shape index (κ2) is 9.79. The van der Waals surface area contributed by atoms with E-state index in [4.69, 9.17) is 4.42 Å². The Hall–Kier alpha value is -1.57. The Morgan fingerprint density at radius 2 is 1.84 bits per heavy atom. The van der Waals surface area contributed by atoms with Crippen LogP contribution in [0.5, 0.6) is 0 Å². The van der Waals surface area contributed by atoms with E-state index >= 15 is 0 Å². The van der Waals surface area contributed by atoms with E-state index in [0.29, 0.717) is 12.4 Å². The van der Waals surface area contributed by atoms with Gasteiger partial charge in [-0.15, -0.1) is 24.0 Å². The standard InChI is InChI=1S/C19H28N4O.HI/c1-14-6-8-15(9-7-14)10-11-21-18(20-5)23-13-17-22-12-16(24-17)19(2,3)4;/h6-9,12H,10-11,13H2,1-5H3,(H2,20,21,23);1H. The lowest BCUT2D eigenvalue weighted by atomic mass is 9.94. The van der Waals surface area contributed by atoms with Crippen LogP contribution >= 0.6 is 24.0 Å². The first-order valence-corrected chi connectivity index (χ1v) is 8.34. The van der Waals surface area contributed by atoms with Gasteiger partial charge in [-0.3, -0.25) is 4.99 Å². The molecule has 5 nitrogen and oxygen atoms in total. The van der Waals surface area contributed by atoms with Crippen LogP contribution < -0.4 is 10.6 Å². The summed E-state index contributed by atoms with van der Waals surface area (Å²) in [5.41, 5.74) is 2.56. The van der Waals surface area contributed by atoms with Gasteiger partial charge in [-0.05, 0) is 18.9 Å². The molecule has 0 radical (unpaired) electrons. The highest BCUT2D eigenvalue weighted by Crippen LogP contribution is 2.22. The lowest BCUT2D eigenvalue weighted by molar-refractivity contribution is 0.379. The Bertz CT molecular complexity index is 671. The normalized spacial score (nSPS) is 11.8. The van der Waals surface area contributed by atoms with E-state index in [1.165, 1.54) is 11.1 Å². The molecule has 2 N–H and O–H groups in total. The van der Waals surface area contributed by atoms with Gasteiger partial charge in [0.25, 0.3) is 0 Å². The van der Waals surface area contributed by atoms with Gasteiger partial charge in [-0.25, -0.2) is 4.98 Å². The second-order valence-electron chi connectivity index (χ2n) is 6.96. The summed E-state index contributed by atoms with van der Waals surface area (Å²) in [6.45, 7) is 9.76. The quantitative estimate of drug-likeness (QED) is 0.408. The monoisotopic (exact) mass is 456 g/mol. The smallest absolute Gasteiger partial charge is 0.213 e. The van der Waals surface area contributed by atoms with Crippen molar-refractivity contribution in [1.82, 2.24) is 15.6 Å². The lowest BCUT2D eigenvalue weighted by Crippen LogP contribution is -2.37. The van der Waals surface area contributed by atoms with Crippen LogP contribution in [0.15, 0.2) is 39.9 Å². The van der Waals surface area contributed by atoms with E-state index in [0.717, 1.165) is 24.7 Å². The van der Waals surface area contributed by atoms with Gasteiger partial charge >= 0.3 is 0 Å². The topological polar surface area (TPSA) is 62.5 Å². The maximum atomic E-state index is 5.77. The van der Waals surface area contributed by atoms with Crippen molar-refractivity contribution >= 4 is 29.9 Å². The number of oxazole rings is 1. The number of rotatable bonds is 5. The highest BCUT2D eigenvalue weighted by Gasteiger charge is 2.19. The highest BCUT2D eigenvalue weighted by atomic mass is 127. The van der Waals surface area contributed by atoms with Crippen LogP contribution in [0.25, 0.3) is 0 Å². The minimum atomic E-state index is -0.0286. The fourth-order valence-electron chi connectivity index (χ4n) is 2.20. The number of guanidine groups is 1. The van der Waals surface area contributed by atoms with Crippen LogP contribution in [0, 0.1) is 6.92 Å². The Kier molecular flexibility index (Phi) is 8.41. The van der Waals surface area contributed by atoms with Gasteiger partial charge in [0.1, 0.15) is 5.76 Å². The van der Waals surface area contributed by atoms with Crippen molar-refractivity contribution in [3.05, 3.63) is 53.2 Å². The Morgan fingerprint density at radius 1 is 1.16 bits per heavy atom. The van der Waals surface area contributed by atoms with Gasteiger partial charge in [0.05, 0.1) is 12.7 Å². The van der Waals surface area contributed by atoms with E-state index in [9.17, 15) is 0 Å². The molecule has 0 atom stereocenters. The molecule has 25 heavy (non-hydrogen) atoms. The molecule has 0 unspecified atom stereocenters. The number of halogens is 1. The summed E-state index contributed by atoms with van der Waals surface area (Å²) in [5, 5.41) is 6.54. The molecule has 0 saturated carbocycles. The molecule has 0 saturated heterocycles. The van der Waals surface area contributed by atoms with Crippen LogP contribution in [0.1, 0.15) is 43.5 Å². The number of benzene rings is 1. The van der Waals surface area contributed by atoms with Gasteiger partial charge in [-0.1, -0.05) is 50.6 Å². The lowest BCUT2D eigenvalue weighted by Gasteiger charge is -2.13. The van der Waals surface area contributed by atoms with Crippen LogP contribution in [-0.2, 0) is 18.4 Å². The summed E-state index contributed by atoms with van der Waals surface area (Å²) in [6, 6.07) is 8.59. The minimum Gasteiger partial charge on any atom is -0.443 e. The zero-order chi connectivity index (χ0) is 17.6. The molecule has 2 rings (SSSR count). The maximum Gasteiger partial charge on any atom is 0.213 e. The number of nitrogens with zero attached hydrogens (tertiary/aromatic N) is 2. The van der Waals surface area contributed by atoms with Gasteiger partial charge in [0.2, 0.25) is 5.89 Å². The third kappa shape index (κ3) is 7.05. The summed E-state index contributed by atoms with van der Waals surface area (Å²) in [7, 11) is 1.76. The Labute approximate surface area is 167 Å². The molecule has 0 spiro atoms. The summed E-state index contributed by atoms with van der Waals surface area (Å²) >= 11 is 0. The third-order valence-corrected chi connectivity index (χ3v) is 3.75. The zero-order valence-corrected chi connectivity index (χ0v) is 18.0. The van der Waals surface area contributed by atoms with Gasteiger partial charge < -0.3 is 15.1 Å². The van der Waals surface area contributed by atoms with Crippen molar-refractivity contribution in [3.63, 3.8) is 0 Å². The van der Waals surface area contributed by atoms with E-state index in [1.54, 1.807) is 13.2 Å². The molecule has 0 aliphatic heterocycles. The molecule has 1 aromatic carbocycles. The summed E-state index contributed by atoms with van der Waals surface area (Å²) in [4.78, 5) is 8.54. The molecule has 0 aliphatic rings. The van der Waals surface area contributed by atoms with Gasteiger partial charge in [-0.2, -0.15) is 0 Å². The average Bonchev–Trinajstić information content (AvgIpc) is 3.01. The van der Waals surface area contributed by atoms with E-state index in [-0.39, 0.29) is 29.4 Å². The highest BCUT2D eigenvalue weighted by molar-refractivity contribution is 14.0. The summed E-state index contributed by atoms with van der Waals surface area (Å²) in [6.07, 6.45) is 2.75. The van der Waals surface area contributed by atoms with E-state index < -0.39 is 0 Å². The van der Waals surface area contributed by atoms with Crippen molar-refractivity contribution in [2.24, 2.45) is 4.99 Å². The Morgan fingerprint density at radius 3 is 2.40 bits per heavy atom. The largest absolute Gasteiger partial charge is 0.443 e. The molecule has 0 bridgehead atoms. The van der Waals surface area contributed by atoms with Crippen LogP contribution in [-0.4, -0.2) is 24.5 Å². The molecule has 0 amide bonds.